The van der Waals surface area contributed by atoms with Crippen LogP contribution in [0.3, 0.4) is 0 Å². The Bertz CT molecular complexity index is 578. The van der Waals surface area contributed by atoms with Crippen LogP contribution in [0.5, 0.6) is 0 Å². The SMILES string of the molecule is CCS(=O)(=O)N1CC(CC#N)(n2cc(C)cn2)C1. The fraction of sp³-hybridized carbons (Fsp3) is 0.636. The van der Waals surface area contributed by atoms with Crippen molar-refractivity contribution in [2.75, 3.05) is 18.8 Å². The molecule has 0 atom stereocenters. The summed E-state index contributed by atoms with van der Waals surface area (Å²) in [6.07, 6.45) is 3.84. The fourth-order valence-electron chi connectivity index (χ4n) is 2.15. The van der Waals surface area contributed by atoms with Crippen LogP contribution in [0.1, 0.15) is 18.9 Å². The number of nitriles is 1. The molecule has 1 saturated heterocycles. The third-order valence-corrected chi connectivity index (χ3v) is 5.08. The molecule has 0 radical (unpaired) electrons. The minimum Gasteiger partial charge on any atom is -0.263 e. The van der Waals surface area contributed by atoms with Crippen molar-refractivity contribution in [1.29, 1.82) is 5.26 Å². The molecule has 0 spiro atoms. The highest BCUT2D eigenvalue weighted by molar-refractivity contribution is 7.89. The molecule has 0 amide bonds. The lowest BCUT2D eigenvalue weighted by atomic mass is 9.89. The van der Waals surface area contributed by atoms with Crippen molar-refractivity contribution in [2.45, 2.75) is 25.8 Å². The summed E-state index contributed by atoms with van der Waals surface area (Å²) in [5.41, 5.74) is 0.509. The van der Waals surface area contributed by atoms with E-state index in [4.69, 9.17) is 5.26 Å². The first kappa shape index (κ1) is 13.1. The molecule has 6 nitrogen and oxygen atoms in total. The van der Waals surface area contributed by atoms with Crippen LogP contribution in [0, 0.1) is 18.3 Å². The molecular weight excluding hydrogens is 252 g/mol. The van der Waals surface area contributed by atoms with Gasteiger partial charge < -0.3 is 0 Å². The molecule has 0 unspecified atom stereocenters. The third-order valence-electron chi connectivity index (χ3n) is 3.31. The quantitative estimate of drug-likeness (QED) is 0.795. The molecule has 1 aliphatic heterocycles. The molecule has 7 heteroatoms. The van der Waals surface area contributed by atoms with Crippen LogP contribution in [0.25, 0.3) is 0 Å². The van der Waals surface area contributed by atoms with Gasteiger partial charge in [0, 0.05) is 19.3 Å². The highest BCUT2D eigenvalue weighted by Crippen LogP contribution is 2.34. The Labute approximate surface area is 107 Å². The number of rotatable bonds is 4. The van der Waals surface area contributed by atoms with Gasteiger partial charge in [-0.15, -0.1) is 0 Å². The van der Waals surface area contributed by atoms with Crippen LogP contribution in [0.15, 0.2) is 12.4 Å². The predicted octanol–water partition coefficient (Wildman–Crippen LogP) is 0.466. The first-order valence-electron chi connectivity index (χ1n) is 5.80. The monoisotopic (exact) mass is 268 g/mol. The summed E-state index contributed by atoms with van der Waals surface area (Å²) < 4.78 is 26.6. The maximum Gasteiger partial charge on any atom is 0.213 e. The summed E-state index contributed by atoms with van der Waals surface area (Å²) >= 11 is 0. The van der Waals surface area contributed by atoms with Crippen LogP contribution >= 0.6 is 0 Å². The lowest BCUT2D eigenvalue weighted by molar-refractivity contribution is 0.0718. The topological polar surface area (TPSA) is 79.0 Å². The molecule has 1 aromatic heterocycles. The van der Waals surface area contributed by atoms with E-state index in [1.807, 2.05) is 13.1 Å². The van der Waals surface area contributed by atoms with Gasteiger partial charge in [0.05, 0.1) is 24.4 Å². The van der Waals surface area contributed by atoms with Crippen molar-refractivity contribution < 1.29 is 8.42 Å². The minimum absolute atomic E-state index is 0.0910. The van der Waals surface area contributed by atoms with E-state index in [0.29, 0.717) is 13.1 Å². The molecule has 2 rings (SSSR count). The predicted molar refractivity (Wildman–Crippen MR) is 66.2 cm³/mol. The smallest absolute Gasteiger partial charge is 0.213 e. The average Bonchev–Trinajstić information content (AvgIpc) is 2.69. The second kappa shape index (κ2) is 4.37. The van der Waals surface area contributed by atoms with E-state index in [1.54, 1.807) is 17.8 Å². The van der Waals surface area contributed by atoms with Crippen LogP contribution in [-0.4, -0.2) is 41.3 Å². The van der Waals surface area contributed by atoms with Crippen LogP contribution in [0.2, 0.25) is 0 Å². The summed E-state index contributed by atoms with van der Waals surface area (Å²) in [4.78, 5) is 0. The molecule has 1 aromatic rings. The Morgan fingerprint density at radius 1 is 1.56 bits per heavy atom. The Balaban J connectivity index is 2.23. The summed E-state index contributed by atoms with van der Waals surface area (Å²) in [5.74, 6) is 0.0910. The Kier molecular flexibility index (Phi) is 3.17. The van der Waals surface area contributed by atoms with E-state index >= 15 is 0 Å². The number of sulfonamides is 1. The van der Waals surface area contributed by atoms with Crippen LogP contribution < -0.4 is 0 Å². The molecule has 18 heavy (non-hydrogen) atoms. The molecular formula is C11H16N4O2S. The number of aromatic nitrogens is 2. The molecule has 98 valence electrons. The maximum atomic E-state index is 11.7. The second-order valence-electron chi connectivity index (χ2n) is 4.69. The van der Waals surface area contributed by atoms with Crippen molar-refractivity contribution in [3.05, 3.63) is 18.0 Å². The van der Waals surface area contributed by atoms with E-state index in [0.717, 1.165) is 5.56 Å². The summed E-state index contributed by atoms with van der Waals surface area (Å²) in [5, 5.41) is 13.1. The summed E-state index contributed by atoms with van der Waals surface area (Å²) in [6.45, 7) is 4.20. The van der Waals surface area contributed by atoms with Crippen molar-refractivity contribution in [3.8, 4) is 6.07 Å². The van der Waals surface area contributed by atoms with Gasteiger partial charge in [-0.2, -0.15) is 14.7 Å². The Hall–Kier alpha value is -1.39. The van der Waals surface area contributed by atoms with Gasteiger partial charge in [-0.25, -0.2) is 8.42 Å². The summed E-state index contributed by atoms with van der Waals surface area (Å²) in [7, 11) is -3.17. The van der Waals surface area contributed by atoms with Crippen LogP contribution in [-0.2, 0) is 15.6 Å². The van der Waals surface area contributed by atoms with Crippen LogP contribution in [0.4, 0.5) is 0 Å². The molecule has 0 aliphatic carbocycles. The van der Waals surface area contributed by atoms with E-state index in [2.05, 4.69) is 11.2 Å². The molecule has 0 saturated carbocycles. The number of hydrogen-bond acceptors (Lipinski definition) is 4. The van der Waals surface area contributed by atoms with Gasteiger partial charge in [-0.05, 0) is 19.4 Å². The molecule has 0 aromatic carbocycles. The highest BCUT2D eigenvalue weighted by Gasteiger charge is 2.49. The van der Waals surface area contributed by atoms with Crippen molar-refractivity contribution in [1.82, 2.24) is 14.1 Å². The number of nitrogens with zero attached hydrogens (tertiary/aromatic N) is 4. The van der Waals surface area contributed by atoms with E-state index < -0.39 is 15.6 Å². The van der Waals surface area contributed by atoms with Gasteiger partial charge in [-0.1, -0.05) is 0 Å². The molecule has 2 heterocycles. The van der Waals surface area contributed by atoms with Crippen molar-refractivity contribution >= 4 is 10.0 Å². The van der Waals surface area contributed by atoms with Gasteiger partial charge in [0.15, 0.2) is 0 Å². The Morgan fingerprint density at radius 3 is 2.67 bits per heavy atom. The zero-order valence-corrected chi connectivity index (χ0v) is 11.3. The molecule has 0 N–H and O–H groups in total. The normalized spacial score (nSPS) is 19.2. The van der Waals surface area contributed by atoms with E-state index in [9.17, 15) is 8.42 Å². The van der Waals surface area contributed by atoms with Crippen molar-refractivity contribution in [3.63, 3.8) is 0 Å². The van der Waals surface area contributed by atoms with Gasteiger partial charge in [0.2, 0.25) is 10.0 Å². The molecule has 1 fully saturated rings. The second-order valence-corrected chi connectivity index (χ2v) is 6.95. The largest absolute Gasteiger partial charge is 0.263 e. The van der Waals surface area contributed by atoms with Gasteiger partial charge in [0.25, 0.3) is 0 Å². The number of aryl methyl sites for hydroxylation is 1. The van der Waals surface area contributed by atoms with Gasteiger partial charge in [-0.3, -0.25) is 4.68 Å². The van der Waals surface area contributed by atoms with Gasteiger partial charge >= 0.3 is 0 Å². The Morgan fingerprint density at radius 2 is 2.22 bits per heavy atom. The molecule has 1 aliphatic rings. The van der Waals surface area contributed by atoms with Gasteiger partial charge in [0.1, 0.15) is 5.54 Å². The minimum atomic E-state index is -3.17. The lowest BCUT2D eigenvalue weighted by Gasteiger charge is -2.47. The average molecular weight is 268 g/mol. The zero-order valence-electron chi connectivity index (χ0n) is 10.5. The fourth-order valence-corrected chi connectivity index (χ4v) is 3.39. The summed E-state index contributed by atoms with van der Waals surface area (Å²) in [6, 6.07) is 2.13. The van der Waals surface area contributed by atoms with E-state index in [-0.39, 0.29) is 12.2 Å². The molecule has 0 bridgehead atoms. The zero-order chi connectivity index (χ0) is 13.4. The van der Waals surface area contributed by atoms with Crippen molar-refractivity contribution in [2.24, 2.45) is 0 Å². The first-order chi connectivity index (χ1) is 8.43. The first-order valence-corrected chi connectivity index (χ1v) is 7.41. The standard InChI is InChI=1S/C11H16N4O2S/c1-3-18(16,17)14-8-11(9-14,4-5-12)15-7-10(2)6-13-15/h6-7H,3-4,8-9H2,1-2H3. The third kappa shape index (κ3) is 2.02. The number of hydrogen-bond donors (Lipinski definition) is 0. The lowest BCUT2D eigenvalue weighted by Crippen LogP contribution is -2.64. The maximum absolute atomic E-state index is 11.7. The van der Waals surface area contributed by atoms with E-state index in [1.165, 1.54) is 4.31 Å². The highest BCUT2D eigenvalue weighted by atomic mass is 32.2.